The number of piperazine rings is 1. The predicted octanol–water partition coefficient (Wildman–Crippen LogP) is 2.77. The first-order valence-electron chi connectivity index (χ1n) is 8.60. The van der Waals surface area contributed by atoms with Crippen LogP contribution < -0.4 is 9.64 Å². The average molecular weight is 373 g/mol. The highest BCUT2D eigenvalue weighted by Crippen LogP contribution is 2.27. The van der Waals surface area contributed by atoms with Crippen LogP contribution in [0.2, 0.25) is 0 Å². The van der Waals surface area contributed by atoms with Crippen LogP contribution in [0.25, 0.3) is 0 Å². The zero-order valence-electron chi connectivity index (χ0n) is 14.9. The molecule has 1 aliphatic rings. The first kappa shape index (κ1) is 18.6. The molecule has 0 aromatic heterocycles. The molecule has 0 N–H and O–H groups in total. The van der Waals surface area contributed by atoms with Crippen molar-refractivity contribution < 1.29 is 18.8 Å². The Morgan fingerprint density at radius 2 is 1.81 bits per heavy atom. The van der Waals surface area contributed by atoms with E-state index in [1.165, 1.54) is 18.2 Å². The topological polar surface area (TPSA) is 75.9 Å². The Balaban J connectivity index is 1.55. The Kier molecular flexibility index (Phi) is 5.54. The number of aryl methyl sites for hydroxylation is 1. The smallest absolute Gasteiger partial charge is 0.310 e. The fourth-order valence-electron chi connectivity index (χ4n) is 2.98. The molecule has 1 fully saturated rings. The lowest BCUT2D eigenvalue weighted by Gasteiger charge is -2.36. The van der Waals surface area contributed by atoms with E-state index in [4.69, 9.17) is 4.74 Å². The fraction of sp³-hybridized carbons (Fsp3) is 0.316. The number of nitro groups is 1. The van der Waals surface area contributed by atoms with Crippen molar-refractivity contribution >= 4 is 17.3 Å². The third kappa shape index (κ3) is 4.52. The van der Waals surface area contributed by atoms with Crippen LogP contribution in [0.1, 0.15) is 5.56 Å². The number of ether oxygens (including phenoxy) is 1. The molecule has 1 amide bonds. The van der Waals surface area contributed by atoms with Gasteiger partial charge in [-0.25, -0.2) is 4.39 Å². The normalized spacial score (nSPS) is 14.1. The SMILES string of the molecule is Cc1ccc([N+](=O)[O-])c(OCC(=O)N2CCN(c3ccc(F)cc3)CC2)c1. The lowest BCUT2D eigenvalue weighted by molar-refractivity contribution is -0.385. The molecule has 1 heterocycles. The van der Waals surface area contributed by atoms with E-state index in [-0.39, 0.29) is 29.8 Å². The first-order chi connectivity index (χ1) is 12.9. The minimum absolute atomic E-state index is 0.0956. The summed E-state index contributed by atoms with van der Waals surface area (Å²) in [6.07, 6.45) is 0. The van der Waals surface area contributed by atoms with E-state index in [0.29, 0.717) is 26.2 Å². The molecule has 0 bridgehead atoms. The standard InChI is InChI=1S/C19H20FN3O4/c1-14-2-7-17(23(25)26)18(12-14)27-13-19(24)22-10-8-21(9-11-22)16-5-3-15(20)4-6-16/h2-7,12H,8-11,13H2,1H3. The van der Waals surface area contributed by atoms with E-state index in [1.807, 2.05) is 0 Å². The van der Waals surface area contributed by atoms with Gasteiger partial charge in [-0.1, -0.05) is 6.07 Å². The molecule has 27 heavy (non-hydrogen) atoms. The van der Waals surface area contributed by atoms with Gasteiger partial charge >= 0.3 is 5.69 Å². The molecule has 3 rings (SSSR count). The lowest BCUT2D eigenvalue weighted by Crippen LogP contribution is -2.50. The van der Waals surface area contributed by atoms with E-state index >= 15 is 0 Å². The number of carbonyl (C=O) groups excluding carboxylic acids is 1. The van der Waals surface area contributed by atoms with E-state index in [9.17, 15) is 19.3 Å². The zero-order chi connectivity index (χ0) is 19.4. The zero-order valence-corrected chi connectivity index (χ0v) is 14.9. The Bertz CT molecular complexity index is 833. The van der Waals surface area contributed by atoms with Crippen molar-refractivity contribution in [2.45, 2.75) is 6.92 Å². The number of anilines is 1. The summed E-state index contributed by atoms with van der Waals surface area (Å²) < 4.78 is 18.5. The molecular formula is C19H20FN3O4. The highest BCUT2D eigenvalue weighted by Gasteiger charge is 2.23. The molecule has 0 unspecified atom stereocenters. The van der Waals surface area contributed by atoms with Crippen LogP contribution in [0.4, 0.5) is 15.8 Å². The largest absolute Gasteiger partial charge is 0.477 e. The highest BCUT2D eigenvalue weighted by atomic mass is 19.1. The third-order valence-corrected chi connectivity index (χ3v) is 4.49. The van der Waals surface area contributed by atoms with Crippen molar-refractivity contribution in [1.82, 2.24) is 4.90 Å². The number of halogens is 1. The number of nitrogens with zero attached hydrogens (tertiary/aromatic N) is 3. The summed E-state index contributed by atoms with van der Waals surface area (Å²) in [4.78, 5) is 26.7. The summed E-state index contributed by atoms with van der Waals surface area (Å²) in [5, 5.41) is 11.1. The van der Waals surface area contributed by atoms with Crippen LogP contribution >= 0.6 is 0 Å². The van der Waals surface area contributed by atoms with E-state index in [0.717, 1.165) is 11.3 Å². The van der Waals surface area contributed by atoms with Crippen LogP contribution in [-0.4, -0.2) is 48.5 Å². The number of carbonyl (C=O) groups is 1. The Morgan fingerprint density at radius 1 is 1.15 bits per heavy atom. The first-order valence-corrected chi connectivity index (χ1v) is 8.60. The summed E-state index contributed by atoms with van der Waals surface area (Å²) >= 11 is 0. The predicted molar refractivity (Wildman–Crippen MR) is 98.5 cm³/mol. The molecule has 7 nitrogen and oxygen atoms in total. The maximum Gasteiger partial charge on any atom is 0.310 e. The van der Waals surface area contributed by atoms with Gasteiger partial charge in [0.05, 0.1) is 4.92 Å². The molecule has 0 aliphatic carbocycles. The second-order valence-corrected chi connectivity index (χ2v) is 6.36. The minimum Gasteiger partial charge on any atom is -0.477 e. The molecule has 1 aliphatic heterocycles. The molecule has 1 saturated heterocycles. The van der Waals surface area contributed by atoms with Crippen molar-refractivity contribution in [3.05, 3.63) is 64.0 Å². The van der Waals surface area contributed by atoms with Crippen LogP contribution in [0.3, 0.4) is 0 Å². The summed E-state index contributed by atoms with van der Waals surface area (Å²) in [7, 11) is 0. The van der Waals surface area contributed by atoms with Crippen molar-refractivity contribution in [2.24, 2.45) is 0 Å². The van der Waals surface area contributed by atoms with Crippen LogP contribution in [0.5, 0.6) is 5.75 Å². The van der Waals surface area contributed by atoms with Crippen molar-refractivity contribution in [1.29, 1.82) is 0 Å². The van der Waals surface area contributed by atoms with Gasteiger partial charge in [-0.15, -0.1) is 0 Å². The second kappa shape index (κ2) is 8.03. The minimum atomic E-state index is -0.527. The van der Waals surface area contributed by atoms with Gasteiger partial charge in [-0.3, -0.25) is 14.9 Å². The molecule has 2 aromatic rings. The van der Waals surface area contributed by atoms with Gasteiger partial charge < -0.3 is 14.5 Å². The van der Waals surface area contributed by atoms with Crippen LogP contribution in [0.15, 0.2) is 42.5 Å². The second-order valence-electron chi connectivity index (χ2n) is 6.36. The van der Waals surface area contributed by atoms with Gasteiger partial charge in [0.25, 0.3) is 5.91 Å². The average Bonchev–Trinajstić information content (AvgIpc) is 2.66. The van der Waals surface area contributed by atoms with Gasteiger partial charge in [-0.2, -0.15) is 0 Å². The fourth-order valence-corrected chi connectivity index (χ4v) is 2.98. The summed E-state index contributed by atoms with van der Waals surface area (Å²) in [5.74, 6) is -0.405. The van der Waals surface area contributed by atoms with Gasteiger partial charge in [0.15, 0.2) is 12.4 Å². The molecule has 0 radical (unpaired) electrons. The molecule has 142 valence electrons. The number of hydrogen-bond donors (Lipinski definition) is 0. The van der Waals surface area contributed by atoms with Crippen molar-refractivity contribution in [3.63, 3.8) is 0 Å². The third-order valence-electron chi connectivity index (χ3n) is 4.49. The number of hydrogen-bond acceptors (Lipinski definition) is 5. The molecule has 0 spiro atoms. The van der Waals surface area contributed by atoms with Gasteiger partial charge in [0.2, 0.25) is 0 Å². The Labute approximate surface area is 156 Å². The molecular weight excluding hydrogens is 353 g/mol. The number of nitro benzene ring substituents is 1. The number of amides is 1. The lowest BCUT2D eigenvalue weighted by atomic mass is 10.2. The maximum absolute atomic E-state index is 13.0. The van der Waals surface area contributed by atoms with E-state index in [2.05, 4.69) is 4.90 Å². The van der Waals surface area contributed by atoms with E-state index in [1.54, 1.807) is 36.1 Å². The van der Waals surface area contributed by atoms with Crippen molar-refractivity contribution in [3.8, 4) is 5.75 Å². The molecule has 0 atom stereocenters. The maximum atomic E-state index is 13.0. The van der Waals surface area contributed by atoms with Gasteiger partial charge in [0.1, 0.15) is 5.82 Å². The monoisotopic (exact) mass is 373 g/mol. The van der Waals surface area contributed by atoms with Crippen molar-refractivity contribution in [2.75, 3.05) is 37.7 Å². The van der Waals surface area contributed by atoms with Crippen LogP contribution in [0, 0.1) is 22.9 Å². The summed E-state index contributed by atoms with van der Waals surface area (Å²) in [6.45, 7) is 3.82. The quantitative estimate of drug-likeness (QED) is 0.595. The summed E-state index contributed by atoms with van der Waals surface area (Å²) in [5.41, 5.74) is 1.57. The van der Waals surface area contributed by atoms with Crippen LogP contribution in [-0.2, 0) is 4.79 Å². The number of benzene rings is 2. The van der Waals surface area contributed by atoms with E-state index < -0.39 is 4.92 Å². The Hall–Kier alpha value is -3.16. The summed E-state index contributed by atoms with van der Waals surface area (Å²) in [6, 6.07) is 10.8. The van der Waals surface area contributed by atoms with Gasteiger partial charge in [0, 0.05) is 37.9 Å². The highest BCUT2D eigenvalue weighted by molar-refractivity contribution is 5.78. The number of rotatable bonds is 5. The molecule has 2 aromatic carbocycles. The molecule has 0 saturated carbocycles. The molecule has 8 heteroatoms. The Morgan fingerprint density at radius 3 is 2.44 bits per heavy atom. The van der Waals surface area contributed by atoms with Gasteiger partial charge in [-0.05, 0) is 42.8 Å².